The van der Waals surface area contributed by atoms with Crippen LogP contribution in [0.3, 0.4) is 0 Å². The lowest BCUT2D eigenvalue weighted by Gasteiger charge is -2.44. The van der Waals surface area contributed by atoms with Crippen molar-refractivity contribution in [1.29, 1.82) is 0 Å². The van der Waals surface area contributed by atoms with Crippen LogP contribution in [0.2, 0.25) is 0 Å². The SMILES string of the molecule is Cc1cc(C(=O)N(C)C2CN(c3ccccn3)C2)no1. The number of carbonyl (C=O) groups is 1. The Morgan fingerprint density at radius 3 is 2.85 bits per heavy atom. The van der Waals surface area contributed by atoms with Gasteiger partial charge in [0.05, 0.1) is 6.04 Å². The summed E-state index contributed by atoms with van der Waals surface area (Å²) in [6.07, 6.45) is 1.77. The highest BCUT2D eigenvalue weighted by atomic mass is 16.5. The zero-order valence-corrected chi connectivity index (χ0v) is 11.5. The molecule has 1 fully saturated rings. The van der Waals surface area contributed by atoms with E-state index in [1.807, 2.05) is 18.2 Å². The molecule has 6 nitrogen and oxygen atoms in total. The third kappa shape index (κ3) is 2.24. The molecule has 0 bridgehead atoms. The van der Waals surface area contributed by atoms with Gasteiger partial charge in [0.1, 0.15) is 11.6 Å². The van der Waals surface area contributed by atoms with Gasteiger partial charge in [0, 0.05) is 32.4 Å². The predicted molar refractivity (Wildman–Crippen MR) is 73.6 cm³/mol. The van der Waals surface area contributed by atoms with Gasteiger partial charge in [0.15, 0.2) is 5.69 Å². The number of nitrogens with zero attached hydrogens (tertiary/aromatic N) is 4. The van der Waals surface area contributed by atoms with E-state index in [1.54, 1.807) is 31.1 Å². The Kier molecular flexibility index (Phi) is 3.14. The molecule has 0 atom stereocenters. The van der Waals surface area contributed by atoms with E-state index in [2.05, 4.69) is 15.0 Å². The van der Waals surface area contributed by atoms with Crippen molar-refractivity contribution in [2.24, 2.45) is 0 Å². The molecule has 6 heteroatoms. The summed E-state index contributed by atoms with van der Waals surface area (Å²) in [6.45, 7) is 3.35. The van der Waals surface area contributed by atoms with Crippen LogP contribution >= 0.6 is 0 Å². The minimum atomic E-state index is -0.104. The fourth-order valence-corrected chi connectivity index (χ4v) is 2.24. The van der Waals surface area contributed by atoms with Gasteiger partial charge in [-0.3, -0.25) is 4.79 Å². The highest BCUT2D eigenvalue weighted by Crippen LogP contribution is 2.21. The van der Waals surface area contributed by atoms with Gasteiger partial charge in [-0.2, -0.15) is 0 Å². The number of amides is 1. The molecule has 3 rings (SSSR count). The van der Waals surface area contributed by atoms with Crippen LogP contribution in [0.5, 0.6) is 0 Å². The number of aryl methyl sites for hydroxylation is 1. The summed E-state index contributed by atoms with van der Waals surface area (Å²) in [6, 6.07) is 7.67. The second-order valence-corrected chi connectivity index (χ2v) is 4.99. The van der Waals surface area contributed by atoms with Crippen LogP contribution in [0, 0.1) is 6.92 Å². The Bertz CT molecular complexity index is 605. The summed E-state index contributed by atoms with van der Waals surface area (Å²) in [7, 11) is 1.80. The highest BCUT2D eigenvalue weighted by molar-refractivity contribution is 5.92. The van der Waals surface area contributed by atoms with Gasteiger partial charge in [-0.15, -0.1) is 0 Å². The maximum absolute atomic E-state index is 12.2. The van der Waals surface area contributed by atoms with Crippen LogP contribution in [0.4, 0.5) is 5.82 Å². The molecule has 3 heterocycles. The van der Waals surface area contributed by atoms with Gasteiger partial charge in [-0.25, -0.2) is 4.98 Å². The second kappa shape index (κ2) is 4.96. The topological polar surface area (TPSA) is 62.5 Å². The van der Waals surface area contributed by atoms with Crippen molar-refractivity contribution >= 4 is 11.7 Å². The first-order chi connectivity index (χ1) is 9.65. The minimum absolute atomic E-state index is 0.104. The van der Waals surface area contributed by atoms with Gasteiger partial charge < -0.3 is 14.3 Å². The normalized spacial score (nSPS) is 15.0. The third-order valence-corrected chi connectivity index (χ3v) is 3.55. The monoisotopic (exact) mass is 272 g/mol. The van der Waals surface area contributed by atoms with Crippen molar-refractivity contribution in [2.75, 3.05) is 25.0 Å². The van der Waals surface area contributed by atoms with Crippen molar-refractivity contribution in [2.45, 2.75) is 13.0 Å². The van der Waals surface area contributed by atoms with E-state index < -0.39 is 0 Å². The third-order valence-electron chi connectivity index (χ3n) is 3.55. The van der Waals surface area contributed by atoms with Crippen LogP contribution < -0.4 is 4.90 Å². The van der Waals surface area contributed by atoms with Crippen LogP contribution in [-0.4, -0.2) is 47.1 Å². The summed E-state index contributed by atoms with van der Waals surface area (Å²) in [5, 5.41) is 3.76. The smallest absolute Gasteiger partial charge is 0.276 e. The molecular weight excluding hydrogens is 256 g/mol. The van der Waals surface area contributed by atoms with Crippen LogP contribution in [0.15, 0.2) is 35.0 Å². The molecule has 0 spiro atoms. The van der Waals surface area contributed by atoms with Crippen molar-refractivity contribution in [3.63, 3.8) is 0 Å². The molecular formula is C14H16N4O2. The number of likely N-dealkylation sites (N-methyl/N-ethyl adjacent to an activating group) is 1. The number of hydrogen-bond donors (Lipinski definition) is 0. The average molecular weight is 272 g/mol. The molecule has 1 amide bonds. The standard InChI is InChI=1S/C14H16N4O2/c1-10-7-12(16-20-10)14(19)17(2)11-8-18(9-11)13-5-3-4-6-15-13/h3-7,11H,8-9H2,1-2H3. The summed E-state index contributed by atoms with van der Waals surface area (Å²) in [5.41, 5.74) is 0.362. The molecule has 0 unspecified atom stereocenters. The van der Waals surface area contributed by atoms with Crippen molar-refractivity contribution < 1.29 is 9.32 Å². The lowest BCUT2D eigenvalue weighted by Crippen LogP contribution is -2.60. The molecule has 1 aliphatic rings. The summed E-state index contributed by atoms with van der Waals surface area (Å²) >= 11 is 0. The zero-order chi connectivity index (χ0) is 14.1. The van der Waals surface area contributed by atoms with E-state index in [0.29, 0.717) is 11.5 Å². The molecule has 104 valence electrons. The first kappa shape index (κ1) is 12.7. The lowest BCUT2D eigenvalue weighted by molar-refractivity contribution is 0.0694. The molecule has 0 aliphatic carbocycles. The highest BCUT2D eigenvalue weighted by Gasteiger charge is 2.34. The Morgan fingerprint density at radius 2 is 2.25 bits per heavy atom. The van der Waals surface area contributed by atoms with Crippen LogP contribution in [-0.2, 0) is 0 Å². The number of rotatable bonds is 3. The molecule has 2 aromatic rings. The molecule has 0 saturated carbocycles. The number of aromatic nitrogens is 2. The fraction of sp³-hybridized carbons (Fsp3) is 0.357. The molecule has 0 aromatic carbocycles. The van der Waals surface area contributed by atoms with Crippen molar-refractivity contribution in [3.8, 4) is 0 Å². The Labute approximate surface area is 117 Å². The van der Waals surface area contributed by atoms with Crippen LogP contribution in [0.25, 0.3) is 0 Å². The molecule has 20 heavy (non-hydrogen) atoms. The first-order valence-corrected chi connectivity index (χ1v) is 6.51. The maximum atomic E-state index is 12.2. The number of hydrogen-bond acceptors (Lipinski definition) is 5. The number of anilines is 1. The molecule has 1 aliphatic heterocycles. The van der Waals surface area contributed by atoms with Gasteiger partial charge in [-0.05, 0) is 19.1 Å². The summed E-state index contributed by atoms with van der Waals surface area (Å²) < 4.78 is 4.94. The zero-order valence-electron chi connectivity index (χ0n) is 11.5. The first-order valence-electron chi connectivity index (χ1n) is 6.51. The van der Waals surface area contributed by atoms with Gasteiger partial charge >= 0.3 is 0 Å². The van der Waals surface area contributed by atoms with Gasteiger partial charge in [-0.1, -0.05) is 11.2 Å². The maximum Gasteiger partial charge on any atom is 0.276 e. The summed E-state index contributed by atoms with van der Waals surface area (Å²) in [4.78, 5) is 20.4. The van der Waals surface area contributed by atoms with E-state index in [0.717, 1.165) is 18.9 Å². The quantitative estimate of drug-likeness (QED) is 0.843. The number of carbonyl (C=O) groups excluding carboxylic acids is 1. The number of pyridine rings is 1. The van der Waals surface area contributed by atoms with Gasteiger partial charge in [0.2, 0.25) is 0 Å². The van der Waals surface area contributed by atoms with E-state index in [9.17, 15) is 4.79 Å². The largest absolute Gasteiger partial charge is 0.361 e. The lowest BCUT2D eigenvalue weighted by atomic mass is 10.1. The Hall–Kier alpha value is -2.37. The fourth-order valence-electron chi connectivity index (χ4n) is 2.24. The Morgan fingerprint density at radius 1 is 1.45 bits per heavy atom. The van der Waals surface area contributed by atoms with Crippen LogP contribution in [0.1, 0.15) is 16.2 Å². The summed E-state index contributed by atoms with van der Waals surface area (Å²) in [5.74, 6) is 1.49. The molecule has 0 radical (unpaired) electrons. The van der Waals surface area contributed by atoms with E-state index in [4.69, 9.17) is 4.52 Å². The van der Waals surface area contributed by atoms with Crippen molar-refractivity contribution in [3.05, 3.63) is 41.9 Å². The molecule has 0 N–H and O–H groups in total. The van der Waals surface area contributed by atoms with E-state index >= 15 is 0 Å². The van der Waals surface area contributed by atoms with Crippen molar-refractivity contribution in [1.82, 2.24) is 15.0 Å². The average Bonchev–Trinajstić information content (AvgIpc) is 2.84. The minimum Gasteiger partial charge on any atom is -0.361 e. The van der Waals surface area contributed by atoms with E-state index in [1.165, 1.54) is 0 Å². The van der Waals surface area contributed by atoms with E-state index in [-0.39, 0.29) is 11.9 Å². The molecule has 2 aromatic heterocycles. The van der Waals surface area contributed by atoms with Gasteiger partial charge in [0.25, 0.3) is 5.91 Å². The molecule has 1 saturated heterocycles. The predicted octanol–water partition coefficient (Wildman–Crippen LogP) is 1.34. The second-order valence-electron chi connectivity index (χ2n) is 4.99. The Balaban J connectivity index is 1.61.